The smallest absolute Gasteiger partial charge is 0.119 e. The topological polar surface area (TPSA) is 57.0 Å². The predicted molar refractivity (Wildman–Crippen MR) is 122 cm³/mol. The SMILES string of the molecule is Cc1cc(C)n(CCOc2ccc(CN3CC[C@](O)(CN4CCN(C)CC4)C3)cc2)n1. The molecule has 0 bridgehead atoms. The van der Waals surface area contributed by atoms with Crippen molar-refractivity contribution in [2.24, 2.45) is 0 Å². The molecule has 2 aromatic rings. The number of ether oxygens (including phenoxy) is 1. The van der Waals surface area contributed by atoms with Gasteiger partial charge in [0.25, 0.3) is 0 Å². The second kappa shape index (κ2) is 9.69. The van der Waals surface area contributed by atoms with Gasteiger partial charge in [0, 0.05) is 58.1 Å². The quantitative estimate of drug-likeness (QED) is 0.693. The fraction of sp³-hybridized carbons (Fsp3) is 0.625. The van der Waals surface area contributed by atoms with Crippen LogP contribution in [0.4, 0.5) is 0 Å². The maximum absolute atomic E-state index is 11.1. The van der Waals surface area contributed by atoms with E-state index in [9.17, 15) is 5.11 Å². The van der Waals surface area contributed by atoms with Crippen LogP contribution in [-0.4, -0.2) is 94.7 Å². The van der Waals surface area contributed by atoms with E-state index in [1.165, 1.54) is 5.56 Å². The molecule has 1 atom stereocenters. The molecule has 7 nitrogen and oxygen atoms in total. The highest BCUT2D eigenvalue weighted by Gasteiger charge is 2.37. The average molecular weight is 428 g/mol. The predicted octanol–water partition coefficient (Wildman–Crippen LogP) is 1.76. The molecule has 0 radical (unpaired) electrons. The van der Waals surface area contributed by atoms with Crippen LogP contribution in [0.15, 0.2) is 30.3 Å². The Labute approximate surface area is 186 Å². The Morgan fingerprint density at radius 2 is 1.77 bits per heavy atom. The summed E-state index contributed by atoms with van der Waals surface area (Å²) < 4.78 is 7.89. The molecular formula is C24H37N5O2. The van der Waals surface area contributed by atoms with Crippen molar-refractivity contribution in [3.05, 3.63) is 47.3 Å². The van der Waals surface area contributed by atoms with Gasteiger partial charge in [-0.2, -0.15) is 5.10 Å². The van der Waals surface area contributed by atoms with Crippen LogP contribution in [-0.2, 0) is 13.1 Å². The van der Waals surface area contributed by atoms with Crippen molar-refractivity contribution >= 4 is 0 Å². The lowest BCUT2D eigenvalue weighted by atomic mass is 10.0. The Kier molecular flexibility index (Phi) is 6.96. The fourth-order valence-corrected chi connectivity index (χ4v) is 4.73. The molecule has 1 aromatic heterocycles. The van der Waals surface area contributed by atoms with Crippen molar-refractivity contribution in [1.29, 1.82) is 0 Å². The first kappa shape index (κ1) is 22.3. The molecule has 1 N–H and O–H groups in total. The van der Waals surface area contributed by atoms with E-state index < -0.39 is 5.60 Å². The zero-order chi connectivity index (χ0) is 21.8. The Bertz CT molecular complexity index is 844. The average Bonchev–Trinajstić information content (AvgIpc) is 3.26. The third-order valence-electron chi connectivity index (χ3n) is 6.53. The van der Waals surface area contributed by atoms with Gasteiger partial charge in [-0.1, -0.05) is 12.1 Å². The lowest BCUT2D eigenvalue weighted by Crippen LogP contribution is -2.51. The normalized spacial score (nSPS) is 23.5. The second-order valence-corrected chi connectivity index (χ2v) is 9.41. The summed E-state index contributed by atoms with van der Waals surface area (Å²) in [5.41, 5.74) is 2.88. The molecule has 0 aliphatic carbocycles. The molecule has 2 aliphatic rings. The molecule has 1 aromatic carbocycles. The van der Waals surface area contributed by atoms with Gasteiger partial charge in [-0.05, 0) is 51.1 Å². The summed E-state index contributed by atoms with van der Waals surface area (Å²) in [6.07, 6.45) is 0.854. The number of aryl methyl sites for hydroxylation is 2. The van der Waals surface area contributed by atoms with E-state index in [4.69, 9.17) is 4.74 Å². The molecular weight excluding hydrogens is 390 g/mol. The van der Waals surface area contributed by atoms with Crippen LogP contribution in [0.25, 0.3) is 0 Å². The first-order valence-corrected chi connectivity index (χ1v) is 11.5. The van der Waals surface area contributed by atoms with E-state index in [2.05, 4.69) is 52.0 Å². The number of likely N-dealkylation sites (N-methyl/N-ethyl adjacent to an activating group) is 1. The molecule has 31 heavy (non-hydrogen) atoms. The minimum Gasteiger partial charge on any atom is -0.492 e. The number of aromatic nitrogens is 2. The summed E-state index contributed by atoms with van der Waals surface area (Å²) >= 11 is 0. The van der Waals surface area contributed by atoms with Gasteiger partial charge in [-0.25, -0.2) is 0 Å². The Morgan fingerprint density at radius 3 is 2.45 bits per heavy atom. The summed E-state index contributed by atoms with van der Waals surface area (Å²) in [6.45, 7) is 13.1. The van der Waals surface area contributed by atoms with Gasteiger partial charge in [0.05, 0.1) is 17.8 Å². The van der Waals surface area contributed by atoms with Crippen molar-refractivity contribution in [2.75, 3.05) is 59.5 Å². The number of rotatable bonds is 8. The van der Waals surface area contributed by atoms with Gasteiger partial charge < -0.3 is 14.7 Å². The molecule has 170 valence electrons. The second-order valence-electron chi connectivity index (χ2n) is 9.41. The Balaban J connectivity index is 1.21. The number of likely N-dealkylation sites (tertiary alicyclic amines) is 1. The molecule has 0 saturated carbocycles. The highest BCUT2D eigenvalue weighted by Crippen LogP contribution is 2.25. The first-order valence-electron chi connectivity index (χ1n) is 11.5. The minimum absolute atomic E-state index is 0.581. The number of hydrogen-bond donors (Lipinski definition) is 1. The summed E-state index contributed by atoms with van der Waals surface area (Å²) in [4.78, 5) is 7.14. The number of nitrogens with zero attached hydrogens (tertiary/aromatic N) is 5. The van der Waals surface area contributed by atoms with E-state index >= 15 is 0 Å². The highest BCUT2D eigenvalue weighted by molar-refractivity contribution is 5.27. The zero-order valence-corrected chi connectivity index (χ0v) is 19.3. The van der Waals surface area contributed by atoms with E-state index in [0.29, 0.717) is 6.61 Å². The number of hydrogen-bond acceptors (Lipinski definition) is 6. The van der Waals surface area contributed by atoms with Crippen molar-refractivity contribution < 1.29 is 9.84 Å². The third kappa shape index (κ3) is 6.07. The van der Waals surface area contributed by atoms with Crippen LogP contribution in [0, 0.1) is 13.8 Å². The zero-order valence-electron chi connectivity index (χ0n) is 19.3. The molecule has 0 amide bonds. The van der Waals surface area contributed by atoms with Gasteiger partial charge >= 0.3 is 0 Å². The largest absolute Gasteiger partial charge is 0.492 e. The van der Waals surface area contributed by atoms with Crippen LogP contribution >= 0.6 is 0 Å². The molecule has 3 heterocycles. The number of aliphatic hydroxyl groups is 1. The molecule has 7 heteroatoms. The number of benzene rings is 1. The van der Waals surface area contributed by atoms with E-state index in [1.54, 1.807) is 0 Å². The summed E-state index contributed by atoms with van der Waals surface area (Å²) in [6, 6.07) is 10.4. The van der Waals surface area contributed by atoms with Crippen LogP contribution in [0.3, 0.4) is 0 Å². The minimum atomic E-state index is -0.581. The Morgan fingerprint density at radius 1 is 1.03 bits per heavy atom. The molecule has 0 spiro atoms. The van der Waals surface area contributed by atoms with Gasteiger partial charge in [-0.3, -0.25) is 14.5 Å². The number of piperazine rings is 1. The first-order chi connectivity index (χ1) is 14.9. The maximum Gasteiger partial charge on any atom is 0.119 e. The van der Waals surface area contributed by atoms with Gasteiger partial charge in [0.1, 0.15) is 12.4 Å². The van der Waals surface area contributed by atoms with Crippen LogP contribution in [0.2, 0.25) is 0 Å². The molecule has 2 fully saturated rings. The van der Waals surface area contributed by atoms with Crippen LogP contribution < -0.4 is 4.74 Å². The van der Waals surface area contributed by atoms with Crippen molar-refractivity contribution in [3.8, 4) is 5.75 Å². The molecule has 0 unspecified atom stereocenters. The number of β-amino-alcohol motifs (C(OH)–C–C–N with tert-alkyl or cyclic N) is 1. The van der Waals surface area contributed by atoms with Crippen molar-refractivity contribution in [3.63, 3.8) is 0 Å². The standard InChI is InChI=1S/C24H37N5O2/c1-20-16-21(2)29(25-20)14-15-31-23-6-4-22(5-7-23)17-28-9-8-24(30,19-28)18-27-12-10-26(3)11-13-27/h4-7,16,30H,8-15,17-19H2,1-3H3/t24-/m0/s1. The van der Waals surface area contributed by atoms with E-state index in [0.717, 1.165) is 82.5 Å². The summed E-state index contributed by atoms with van der Waals surface area (Å²) in [5.74, 6) is 0.887. The van der Waals surface area contributed by atoms with Crippen LogP contribution in [0.1, 0.15) is 23.4 Å². The van der Waals surface area contributed by atoms with E-state index in [-0.39, 0.29) is 0 Å². The monoisotopic (exact) mass is 427 g/mol. The molecule has 4 rings (SSSR count). The van der Waals surface area contributed by atoms with Gasteiger partial charge in [0.2, 0.25) is 0 Å². The maximum atomic E-state index is 11.1. The van der Waals surface area contributed by atoms with Gasteiger partial charge in [0.15, 0.2) is 0 Å². The third-order valence-corrected chi connectivity index (χ3v) is 6.53. The molecule has 2 saturated heterocycles. The highest BCUT2D eigenvalue weighted by atomic mass is 16.5. The summed E-state index contributed by atoms with van der Waals surface area (Å²) in [5, 5.41) is 15.6. The summed E-state index contributed by atoms with van der Waals surface area (Å²) in [7, 11) is 2.17. The van der Waals surface area contributed by atoms with Gasteiger partial charge in [-0.15, -0.1) is 0 Å². The van der Waals surface area contributed by atoms with E-state index in [1.807, 2.05) is 23.7 Å². The lowest BCUT2D eigenvalue weighted by molar-refractivity contribution is -0.000370. The molecule has 2 aliphatic heterocycles. The van der Waals surface area contributed by atoms with Crippen LogP contribution in [0.5, 0.6) is 5.75 Å². The van der Waals surface area contributed by atoms with Crippen molar-refractivity contribution in [2.45, 2.75) is 39.0 Å². The Hall–Kier alpha value is -1.93. The lowest BCUT2D eigenvalue weighted by Gasteiger charge is -2.36. The van der Waals surface area contributed by atoms with Crippen molar-refractivity contribution in [1.82, 2.24) is 24.5 Å². The fourth-order valence-electron chi connectivity index (χ4n) is 4.73.